The molecule has 1 aliphatic carbocycles. The number of hydrogen-bond acceptors (Lipinski definition) is 1. The van der Waals surface area contributed by atoms with Crippen LogP contribution >= 0.6 is 0 Å². The molecule has 0 aromatic heterocycles. The van der Waals surface area contributed by atoms with Crippen LogP contribution in [0.25, 0.3) is 0 Å². The molecule has 0 N–H and O–H groups in total. The highest BCUT2D eigenvalue weighted by Gasteiger charge is 2.35. The number of rotatable bonds is 0. The fourth-order valence-electron chi connectivity index (χ4n) is 1.38. The Hall–Kier alpha value is -0.590. The zero-order valence-electron chi connectivity index (χ0n) is 6.90. The van der Waals surface area contributed by atoms with E-state index < -0.39 is 0 Å². The molecule has 0 unspecified atom stereocenters. The predicted molar refractivity (Wildman–Crippen MR) is 41.8 cm³/mol. The lowest BCUT2D eigenvalue weighted by Gasteiger charge is -2.12. The summed E-state index contributed by atoms with van der Waals surface area (Å²) in [7, 11) is 0. The molecule has 56 valence electrons. The number of carbonyl (C=O) groups excluding carboxylic acids is 1. The van der Waals surface area contributed by atoms with E-state index in [2.05, 4.69) is 0 Å². The third kappa shape index (κ3) is 1.00. The molecule has 0 saturated heterocycles. The second-order valence-corrected chi connectivity index (χ2v) is 3.53. The molecule has 0 radical (unpaired) electrons. The SMILES string of the molecule is C/C=C1\CCC(C)(C)C1=O. The van der Waals surface area contributed by atoms with Crippen LogP contribution in [0.5, 0.6) is 0 Å². The van der Waals surface area contributed by atoms with Gasteiger partial charge in [0.05, 0.1) is 0 Å². The molecule has 0 atom stereocenters. The molecule has 0 aromatic carbocycles. The van der Waals surface area contributed by atoms with Crippen LogP contribution in [0, 0.1) is 5.41 Å². The third-order valence-corrected chi connectivity index (χ3v) is 2.27. The van der Waals surface area contributed by atoms with Crippen molar-refractivity contribution in [1.82, 2.24) is 0 Å². The molecule has 1 nitrogen and oxygen atoms in total. The van der Waals surface area contributed by atoms with Gasteiger partial charge in [0.2, 0.25) is 0 Å². The summed E-state index contributed by atoms with van der Waals surface area (Å²) in [5.41, 5.74) is 0.937. The van der Waals surface area contributed by atoms with Crippen LogP contribution in [0.1, 0.15) is 33.6 Å². The Morgan fingerprint density at radius 3 is 2.30 bits per heavy atom. The van der Waals surface area contributed by atoms with E-state index in [9.17, 15) is 4.79 Å². The van der Waals surface area contributed by atoms with Gasteiger partial charge in [-0.1, -0.05) is 19.9 Å². The summed E-state index contributed by atoms with van der Waals surface area (Å²) < 4.78 is 0. The summed E-state index contributed by atoms with van der Waals surface area (Å²) in [6, 6.07) is 0. The van der Waals surface area contributed by atoms with E-state index >= 15 is 0 Å². The van der Waals surface area contributed by atoms with Crippen LogP contribution < -0.4 is 0 Å². The Labute approximate surface area is 62.1 Å². The maximum absolute atomic E-state index is 11.4. The second-order valence-electron chi connectivity index (χ2n) is 3.53. The number of allylic oxidation sites excluding steroid dienone is 2. The molecular formula is C9H14O. The molecule has 0 bridgehead atoms. The van der Waals surface area contributed by atoms with Gasteiger partial charge in [0.1, 0.15) is 0 Å². The van der Waals surface area contributed by atoms with Crippen molar-refractivity contribution >= 4 is 5.78 Å². The van der Waals surface area contributed by atoms with Gasteiger partial charge in [-0.25, -0.2) is 0 Å². The molecule has 1 fully saturated rings. The minimum Gasteiger partial charge on any atom is -0.294 e. The fraction of sp³-hybridized carbons (Fsp3) is 0.667. The van der Waals surface area contributed by atoms with Crippen molar-refractivity contribution in [2.45, 2.75) is 33.6 Å². The lowest BCUT2D eigenvalue weighted by Crippen LogP contribution is -2.16. The summed E-state index contributed by atoms with van der Waals surface area (Å²) in [5, 5.41) is 0. The first-order valence-electron chi connectivity index (χ1n) is 3.78. The molecule has 0 heterocycles. The zero-order chi connectivity index (χ0) is 7.78. The first-order chi connectivity index (χ1) is 4.58. The summed E-state index contributed by atoms with van der Waals surface area (Å²) in [6.07, 6.45) is 3.94. The van der Waals surface area contributed by atoms with Crippen molar-refractivity contribution in [3.05, 3.63) is 11.6 Å². The summed E-state index contributed by atoms with van der Waals surface area (Å²) in [6.45, 7) is 5.98. The molecule has 0 aliphatic heterocycles. The Balaban J connectivity index is 2.88. The summed E-state index contributed by atoms with van der Waals surface area (Å²) in [5.74, 6) is 0.343. The normalized spacial score (nSPS) is 27.9. The number of carbonyl (C=O) groups is 1. The van der Waals surface area contributed by atoms with Gasteiger partial charge in [0.15, 0.2) is 5.78 Å². The van der Waals surface area contributed by atoms with E-state index in [0.29, 0.717) is 5.78 Å². The molecule has 0 aromatic rings. The molecule has 0 spiro atoms. The smallest absolute Gasteiger partial charge is 0.164 e. The van der Waals surface area contributed by atoms with Crippen LogP contribution in [0.15, 0.2) is 11.6 Å². The standard InChI is InChI=1S/C9H14O/c1-4-7-5-6-9(2,3)8(7)10/h4H,5-6H2,1-3H3/b7-4+. The van der Waals surface area contributed by atoms with E-state index in [-0.39, 0.29) is 5.41 Å². The minimum absolute atomic E-state index is 0.0815. The Kier molecular flexibility index (Phi) is 1.67. The quantitative estimate of drug-likeness (QED) is 0.469. The predicted octanol–water partition coefficient (Wildman–Crippen LogP) is 2.32. The maximum Gasteiger partial charge on any atom is 0.164 e. The average Bonchev–Trinajstić information content (AvgIpc) is 2.10. The van der Waals surface area contributed by atoms with Gasteiger partial charge in [-0.05, 0) is 25.3 Å². The van der Waals surface area contributed by atoms with Crippen LogP contribution in [-0.4, -0.2) is 5.78 Å². The molecular weight excluding hydrogens is 124 g/mol. The minimum atomic E-state index is -0.0815. The third-order valence-electron chi connectivity index (χ3n) is 2.27. The van der Waals surface area contributed by atoms with Crippen LogP contribution in [0.2, 0.25) is 0 Å². The van der Waals surface area contributed by atoms with Gasteiger partial charge in [0, 0.05) is 5.41 Å². The van der Waals surface area contributed by atoms with Crippen molar-refractivity contribution in [3.63, 3.8) is 0 Å². The second kappa shape index (κ2) is 2.22. The lowest BCUT2D eigenvalue weighted by molar-refractivity contribution is -0.121. The molecule has 1 aliphatic rings. The molecule has 10 heavy (non-hydrogen) atoms. The van der Waals surface area contributed by atoms with Gasteiger partial charge < -0.3 is 0 Å². The monoisotopic (exact) mass is 138 g/mol. The van der Waals surface area contributed by atoms with Crippen molar-refractivity contribution in [1.29, 1.82) is 0 Å². The van der Waals surface area contributed by atoms with Crippen LogP contribution in [0.3, 0.4) is 0 Å². The summed E-state index contributed by atoms with van der Waals surface area (Å²) in [4.78, 5) is 11.4. The fourth-order valence-corrected chi connectivity index (χ4v) is 1.38. The molecule has 1 heteroatoms. The Bertz CT molecular complexity index is 187. The van der Waals surface area contributed by atoms with Crippen molar-refractivity contribution < 1.29 is 4.79 Å². The topological polar surface area (TPSA) is 17.1 Å². The van der Waals surface area contributed by atoms with Gasteiger partial charge in [-0.3, -0.25) is 4.79 Å². The Morgan fingerprint density at radius 1 is 1.50 bits per heavy atom. The lowest BCUT2D eigenvalue weighted by atomic mass is 9.90. The number of hydrogen-bond donors (Lipinski definition) is 0. The molecule has 1 rings (SSSR count). The first kappa shape index (κ1) is 7.52. The first-order valence-corrected chi connectivity index (χ1v) is 3.78. The van der Waals surface area contributed by atoms with Gasteiger partial charge in [-0.2, -0.15) is 0 Å². The van der Waals surface area contributed by atoms with Gasteiger partial charge in [0.25, 0.3) is 0 Å². The van der Waals surface area contributed by atoms with Crippen molar-refractivity contribution in [2.75, 3.05) is 0 Å². The number of Topliss-reactive ketones (excluding diaryl/α,β-unsaturated/α-hetero) is 1. The van der Waals surface area contributed by atoms with Crippen molar-refractivity contribution in [2.24, 2.45) is 5.41 Å². The van der Waals surface area contributed by atoms with Crippen molar-refractivity contribution in [3.8, 4) is 0 Å². The maximum atomic E-state index is 11.4. The Morgan fingerprint density at radius 2 is 2.10 bits per heavy atom. The molecule has 0 amide bonds. The van der Waals surface area contributed by atoms with Gasteiger partial charge >= 0.3 is 0 Å². The summed E-state index contributed by atoms with van der Waals surface area (Å²) >= 11 is 0. The number of ketones is 1. The van der Waals surface area contributed by atoms with E-state index in [4.69, 9.17) is 0 Å². The average molecular weight is 138 g/mol. The van der Waals surface area contributed by atoms with E-state index in [0.717, 1.165) is 18.4 Å². The van der Waals surface area contributed by atoms with E-state index in [1.54, 1.807) is 0 Å². The highest BCUT2D eigenvalue weighted by atomic mass is 16.1. The van der Waals surface area contributed by atoms with E-state index in [1.165, 1.54) is 0 Å². The van der Waals surface area contributed by atoms with Crippen LogP contribution in [-0.2, 0) is 4.79 Å². The zero-order valence-corrected chi connectivity index (χ0v) is 6.90. The van der Waals surface area contributed by atoms with Gasteiger partial charge in [-0.15, -0.1) is 0 Å². The molecule has 1 saturated carbocycles. The largest absolute Gasteiger partial charge is 0.294 e. The highest BCUT2D eigenvalue weighted by molar-refractivity contribution is 6.01. The van der Waals surface area contributed by atoms with Crippen LogP contribution in [0.4, 0.5) is 0 Å². The van der Waals surface area contributed by atoms with E-state index in [1.807, 2.05) is 26.8 Å². The highest BCUT2D eigenvalue weighted by Crippen LogP contribution is 2.36.